The van der Waals surface area contributed by atoms with Crippen LogP contribution in [-0.2, 0) is 16.0 Å². The second-order valence-corrected chi connectivity index (χ2v) is 10.4. The zero-order chi connectivity index (χ0) is 38.8. The number of aromatic nitrogens is 4. The molecule has 0 radical (unpaired) electrons. The fourth-order valence-electron chi connectivity index (χ4n) is 4.41. The van der Waals surface area contributed by atoms with Crippen molar-refractivity contribution in [2.75, 3.05) is 24.8 Å². The molecule has 0 amide bonds. The molecule has 19 heteroatoms. The molecule has 0 aliphatic heterocycles. The molecule has 52 heavy (non-hydrogen) atoms. The van der Waals surface area contributed by atoms with Gasteiger partial charge in [0.2, 0.25) is 0 Å². The number of rotatable bonds is 9. The summed E-state index contributed by atoms with van der Waals surface area (Å²) >= 11 is 0. The van der Waals surface area contributed by atoms with Crippen molar-refractivity contribution in [1.29, 1.82) is 0 Å². The third-order valence-electron chi connectivity index (χ3n) is 6.87. The first kappa shape index (κ1) is 40.3. The number of nitrogens with two attached hydrogens (primary N) is 1. The van der Waals surface area contributed by atoms with Gasteiger partial charge in [-0.2, -0.15) is 26.3 Å². The Morgan fingerprint density at radius 3 is 2.17 bits per heavy atom. The van der Waals surface area contributed by atoms with Crippen LogP contribution in [0.1, 0.15) is 36.8 Å². The predicted octanol–water partition coefficient (Wildman–Crippen LogP) is 7.18. The van der Waals surface area contributed by atoms with Crippen LogP contribution in [0.3, 0.4) is 0 Å². The number of halogens is 7. The Bertz CT molecular complexity index is 1980. The minimum absolute atomic E-state index is 0.217. The van der Waals surface area contributed by atoms with Gasteiger partial charge in [-0.3, -0.25) is 4.98 Å². The van der Waals surface area contributed by atoms with E-state index >= 15 is 4.39 Å². The van der Waals surface area contributed by atoms with Gasteiger partial charge in [0.25, 0.3) is 0 Å². The summed E-state index contributed by atoms with van der Waals surface area (Å²) in [5, 5.41) is 19.5. The third-order valence-corrected chi connectivity index (χ3v) is 6.87. The van der Waals surface area contributed by atoms with Crippen LogP contribution in [0, 0.1) is 5.82 Å². The lowest BCUT2D eigenvalue weighted by Gasteiger charge is -2.22. The highest BCUT2D eigenvalue weighted by molar-refractivity contribution is 5.93. The highest BCUT2D eigenvalue weighted by Crippen LogP contribution is 2.35. The lowest BCUT2D eigenvalue weighted by Crippen LogP contribution is -2.21. The Hall–Kier alpha value is -6.14. The van der Waals surface area contributed by atoms with Crippen LogP contribution in [0.15, 0.2) is 67.3 Å². The number of methoxy groups -OCH3 is 1. The van der Waals surface area contributed by atoms with Gasteiger partial charge in [0.1, 0.15) is 23.4 Å². The Labute approximate surface area is 290 Å². The summed E-state index contributed by atoms with van der Waals surface area (Å²) in [4.78, 5) is 34.2. The van der Waals surface area contributed by atoms with Crippen molar-refractivity contribution in [2.24, 2.45) is 0 Å². The van der Waals surface area contributed by atoms with Crippen LogP contribution in [0.2, 0.25) is 0 Å². The number of fused-ring (bicyclic) bond motifs is 1. The number of carboxylic acid groups (broad SMARTS) is 2. The summed E-state index contributed by atoms with van der Waals surface area (Å²) in [6.07, 6.45) is -2.72. The van der Waals surface area contributed by atoms with Crippen LogP contribution in [0.5, 0.6) is 11.5 Å². The molecule has 6 N–H and O–H groups in total. The second-order valence-electron chi connectivity index (χ2n) is 10.4. The monoisotopic (exact) mass is 740 g/mol. The number of hydrogen-bond donors (Lipinski definition) is 5. The first-order valence-electron chi connectivity index (χ1n) is 14.9. The van der Waals surface area contributed by atoms with Gasteiger partial charge in [0, 0.05) is 34.6 Å². The molecule has 3 heterocycles. The standard InChI is InChI=1S/C29H29FN6O2.2C2HF3O2/c1-4-17-10-23(26(30)25(11-17)38-5-2)27(35-20-6-7-22-18(12-20)8-9-33-28(22)31)29-34-16-24(36-29)19-13-21(37-3)15-32-14-19;2*3-2(4,5)1(6)7/h6-16,27,35H,4-5H2,1-3H3,(H2,31,33)(H,34,36);2*(H,6,7). The molecule has 12 nitrogen and oxygen atoms in total. The molecule has 1 unspecified atom stereocenters. The number of nitrogen functional groups attached to an aromatic ring is 1. The second kappa shape index (κ2) is 17.2. The number of aryl methyl sites for hydroxylation is 1. The molecule has 3 aromatic heterocycles. The zero-order valence-corrected chi connectivity index (χ0v) is 27.4. The number of pyridine rings is 2. The Morgan fingerprint density at radius 1 is 0.942 bits per heavy atom. The van der Waals surface area contributed by atoms with Crippen LogP contribution >= 0.6 is 0 Å². The van der Waals surface area contributed by atoms with Gasteiger partial charge in [-0.25, -0.2) is 23.9 Å². The van der Waals surface area contributed by atoms with Gasteiger partial charge < -0.3 is 35.7 Å². The Balaban J connectivity index is 0.000000441. The fraction of sp³-hybridized carbons (Fsp3) is 0.242. The summed E-state index contributed by atoms with van der Waals surface area (Å²) in [6, 6.07) is 12.5. The number of carbonyl (C=O) groups is 2. The molecule has 278 valence electrons. The van der Waals surface area contributed by atoms with E-state index < -0.39 is 36.2 Å². The number of nitrogens with zero attached hydrogens (tertiary/aromatic N) is 3. The van der Waals surface area contributed by atoms with Gasteiger partial charge in [0.15, 0.2) is 11.6 Å². The average Bonchev–Trinajstić information content (AvgIpc) is 3.58. The van der Waals surface area contributed by atoms with E-state index in [1.807, 2.05) is 50.2 Å². The number of aliphatic carboxylic acids is 2. The van der Waals surface area contributed by atoms with Gasteiger partial charge >= 0.3 is 24.3 Å². The third kappa shape index (κ3) is 10.7. The normalized spacial score (nSPS) is 11.7. The highest BCUT2D eigenvalue weighted by Gasteiger charge is 2.39. The molecular formula is C33H31F7N6O6. The van der Waals surface area contributed by atoms with E-state index in [2.05, 4.69) is 25.3 Å². The maximum absolute atomic E-state index is 15.9. The summed E-state index contributed by atoms with van der Waals surface area (Å²) in [6.45, 7) is 4.22. The van der Waals surface area contributed by atoms with Gasteiger partial charge in [-0.15, -0.1) is 0 Å². The number of imidazole rings is 1. The Morgan fingerprint density at radius 2 is 1.60 bits per heavy atom. The van der Waals surface area contributed by atoms with Crippen molar-refractivity contribution in [3.05, 3.63) is 90.0 Å². The van der Waals surface area contributed by atoms with Gasteiger partial charge in [-0.05, 0) is 60.7 Å². The van der Waals surface area contributed by atoms with Crippen molar-refractivity contribution < 1.29 is 60.0 Å². The molecule has 0 saturated heterocycles. The molecule has 1 atom stereocenters. The molecule has 0 bridgehead atoms. The van der Waals surface area contributed by atoms with E-state index in [4.69, 9.17) is 35.0 Å². The smallest absolute Gasteiger partial charge is 0.490 e. The van der Waals surface area contributed by atoms with Crippen LogP contribution in [-0.4, -0.2) is 68.2 Å². The van der Waals surface area contributed by atoms with Crippen molar-refractivity contribution in [3.63, 3.8) is 0 Å². The zero-order valence-electron chi connectivity index (χ0n) is 27.4. The van der Waals surface area contributed by atoms with Gasteiger partial charge in [0.05, 0.1) is 31.8 Å². The number of alkyl halides is 6. The number of anilines is 2. The van der Waals surface area contributed by atoms with Crippen LogP contribution in [0.4, 0.5) is 42.2 Å². The van der Waals surface area contributed by atoms with E-state index in [0.29, 0.717) is 29.6 Å². The number of carboxylic acids is 2. The summed E-state index contributed by atoms with van der Waals surface area (Å²) in [5.41, 5.74) is 9.72. The van der Waals surface area contributed by atoms with E-state index in [-0.39, 0.29) is 5.75 Å². The molecule has 0 aliphatic rings. The van der Waals surface area contributed by atoms with E-state index in [9.17, 15) is 26.3 Å². The quantitative estimate of drug-likeness (QED) is 0.0965. The minimum Gasteiger partial charge on any atom is -0.495 e. The Kier molecular flexibility index (Phi) is 13.3. The van der Waals surface area contributed by atoms with Crippen molar-refractivity contribution in [1.82, 2.24) is 19.9 Å². The predicted molar refractivity (Wildman–Crippen MR) is 174 cm³/mol. The maximum Gasteiger partial charge on any atom is 0.490 e. The van der Waals surface area contributed by atoms with Crippen molar-refractivity contribution >= 4 is 34.2 Å². The minimum atomic E-state index is -5.08. The van der Waals surface area contributed by atoms with Crippen LogP contribution in [0.25, 0.3) is 22.0 Å². The molecule has 5 rings (SSSR count). The summed E-state index contributed by atoms with van der Waals surface area (Å²) in [7, 11) is 1.59. The molecule has 0 aliphatic carbocycles. The van der Waals surface area contributed by atoms with E-state index in [1.54, 1.807) is 38.0 Å². The number of benzene rings is 2. The van der Waals surface area contributed by atoms with Crippen molar-refractivity contribution in [3.8, 4) is 22.8 Å². The molecule has 2 aromatic carbocycles. The van der Waals surface area contributed by atoms with E-state index in [1.165, 1.54) is 0 Å². The largest absolute Gasteiger partial charge is 0.495 e. The fourth-order valence-corrected chi connectivity index (χ4v) is 4.41. The first-order chi connectivity index (χ1) is 24.4. The van der Waals surface area contributed by atoms with Crippen LogP contribution < -0.4 is 20.5 Å². The molecule has 0 spiro atoms. The molecule has 5 aromatic rings. The number of hydrogen-bond acceptors (Lipinski definition) is 9. The topological polar surface area (TPSA) is 186 Å². The van der Waals surface area contributed by atoms with Crippen molar-refractivity contribution in [2.45, 2.75) is 38.7 Å². The van der Waals surface area contributed by atoms with E-state index in [0.717, 1.165) is 39.7 Å². The maximum atomic E-state index is 15.9. The molecule has 0 fully saturated rings. The lowest BCUT2D eigenvalue weighted by molar-refractivity contribution is -0.193. The highest BCUT2D eigenvalue weighted by atomic mass is 19.4. The first-order valence-corrected chi connectivity index (χ1v) is 14.9. The molecular weight excluding hydrogens is 709 g/mol. The SMILES string of the molecule is CCOc1cc(CC)cc(C(Nc2ccc3c(N)nccc3c2)c2ncc(-c3cncc(OC)c3)[nH]2)c1F.O=C(O)C(F)(F)F.O=C(O)C(F)(F)F. The number of aromatic amines is 1. The number of H-pyrrole nitrogens is 1. The molecule has 0 saturated carbocycles. The summed E-state index contributed by atoms with van der Waals surface area (Å²) < 4.78 is 90.3. The average molecular weight is 741 g/mol. The lowest BCUT2D eigenvalue weighted by atomic mass is 9.99. The summed E-state index contributed by atoms with van der Waals surface area (Å²) in [5.74, 6) is -4.11. The number of nitrogens with one attached hydrogen (secondary N) is 2. The number of ether oxygens (including phenoxy) is 2. The van der Waals surface area contributed by atoms with Gasteiger partial charge in [-0.1, -0.05) is 13.0 Å².